The maximum atomic E-state index is 11.4. The van der Waals surface area contributed by atoms with E-state index in [1.165, 1.54) is 0 Å². The Morgan fingerprint density at radius 2 is 1.90 bits per heavy atom. The normalized spacial score (nSPS) is 11.1. The van der Waals surface area contributed by atoms with Crippen molar-refractivity contribution in [3.05, 3.63) is 12.2 Å². The first-order chi connectivity index (χ1) is 4.34. The first-order valence-corrected chi connectivity index (χ1v) is 2.31. The summed E-state index contributed by atoms with van der Waals surface area (Å²) in [7, 11) is 0. The van der Waals surface area contributed by atoms with Crippen LogP contribution in [-0.4, -0.2) is 17.3 Å². The molecule has 0 aliphatic carbocycles. The van der Waals surface area contributed by atoms with Crippen LogP contribution in [0.2, 0.25) is 0 Å². The van der Waals surface area contributed by atoms with Crippen molar-refractivity contribution >= 4 is 5.97 Å². The van der Waals surface area contributed by atoms with E-state index in [4.69, 9.17) is 5.11 Å². The van der Waals surface area contributed by atoms with Crippen molar-refractivity contribution in [2.75, 3.05) is 0 Å². The number of aliphatic carboxylic acids is 1. The predicted molar refractivity (Wildman–Crippen MR) is 27.4 cm³/mol. The second-order valence-corrected chi connectivity index (χ2v) is 1.67. The Morgan fingerprint density at radius 3 is 2.00 bits per heavy atom. The van der Waals surface area contributed by atoms with E-state index in [-0.39, 0.29) is 0 Å². The van der Waals surface area contributed by atoms with Crippen LogP contribution in [0.4, 0.5) is 13.2 Å². The van der Waals surface area contributed by atoms with Gasteiger partial charge in [-0.3, -0.25) is 4.79 Å². The van der Waals surface area contributed by atoms with Crippen LogP contribution >= 0.6 is 0 Å². The van der Waals surface area contributed by atoms with E-state index in [0.717, 1.165) is 0 Å². The molecule has 0 aliphatic rings. The summed E-state index contributed by atoms with van der Waals surface area (Å²) < 4.78 is 34.3. The van der Waals surface area contributed by atoms with Gasteiger partial charge in [-0.05, 0) is 0 Å². The Morgan fingerprint density at radius 1 is 1.50 bits per heavy atom. The van der Waals surface area contributed by atoms with Gasteiger partial charge >= 0.3 is 12.1 Å². The zero-order valence-electron chi connectivity index (χ0n) is 4.90. The van der Waals surface area contributed by atoms with E-state index < -0.39 is 24.1 Å². The third-order valence-electron chi connectivity index (χ3n) is 0.766. The van der Waals surface area contributed by atoms with Crippen LogP contribution in [0.15, 0.2) is 12.2 Å². The van der Waals surface area contributed by atoms with E-state index in [9.17, 15) is 18.0 Å². The molecule has 0 atom stereocenters. The van der Waals surface area contributed by atoms with Crippen molar-refractivity contribution in [1.29, 1.82) is 0 Å². The van der Waals surface area contributed by atoms with Gasteiger partial charge in [0.05, 0.1) is 6.42 Å². The SMILES string of the molecule is C=C(CC(=O)O)C(F)(F)F. The lowest BCUT2D eigenvalue weighted by atomic mass is 10.2. The molecule has 1 N–H and O–H groups in total. The predicted octanol–water partition coefficient (Wildman–Crippen LogP) is 1.58. The molecule has 5 heteroatoms. The summed E-state index contributed by atoms with van der Waals surface area (Å²) in [4.78, 5) is 9.70. The van der Waals surface area contributed by atoms with Gasteiger partial charge in [-0.1, -0.05) is 6.58 Å². The average Bonchev–Trinajstić information content (AvgIpc) is 1.60. The zero-order valence-corrected chi connectivity index (χ0v) is 4.90. The summed E-state index contributed by atoms with van der Waals surface area (Å²) in [6.07, 6.45) is -5.64. The standard InChI is InChI=1S/C5H5F3O2/c1-3(2-4(9)10)5(6,7)8/h1-2H2,(H,9,10). The van der Waals surface area contributed by atoms with Crippen LogP contribution < -0.4 is 0 Å². The molecule has 2 nitrogen and oxygen atoms in total. The molecular weight excluding hydrogens is 149 g/mol. The van der Waals surface area contributed by atoms with Crippen LogP contribution in [0.5, 0.6) is 0 Å². The molecule has 0 saturated carbocycles. The molecule has 0 amide bonds. The molecule has 0 aromatic rings. The number of alkyl halides is 3. The summed E-state index contributed by atoms with van der Waals surface area (Å²) in [5, 5.41) is 7.89. The third kappa shape index (κ3) is 3.11. The lowest BCUT2D eigenvalue weighted by Crippen LogP contribution is -2.13. The molecule has 0 saturated heterocycles. The second kappa shape index (κ2) is 2.72. The van der Waals surface area contributed by atoms with E-state index in [2.05, 4.69) is 6.58 Å². The van der Waals surface area contributed by atoms with Crippen LogP contribution in [0, 0.1) is 0 Å². The van der Waals surface area contributed by atoms with Crippen molar-refractivity contribution in [3.63, 3.8) is 0 Å². The molecule has 0 rings (SSSR count). The topological polar surface area (TPSA) is 37.3 Å². The smallest absolute Gasteiger partial charge is 0.412 e. The average molecular weight is 154 g/mol. The van der Waals surface area contributed by atoms with Crippen LogP contribution in [0.3, 0.4) is 0 Å². The number of rotatable bonds is 2. The summed E-state index contributed by atoms with van der Waals surface area (Å²) in [5.41, 5.74) is -1.24. The molecular formula is C5H5F3O2. The van der Waals surface area contributed by atoms with Crippen molar-refractivity contribution in [2.24, 2.45) is 0 Å². The van der Waals surface area contributed by atoms with Crippen LogP contribution in [0.1, 0.15) is 6.42 Å². The number of hydrogen-bond acceptors (Lipinski definition) is 1. The lowest BCUT2D eigenvalue weighted by molar-refractivity contribution is -0.139. The van der Waals surface area contributed by atoms with Crippen LogP contribution in [0.25, 0.3) is 0 Å². The van der Waals surface area contributed by atoms with E-state index >= 15 is 0 Å². The number of hydrogen-bond donors (Lipinski definition) is 1. The van der Waals surface area contributed by atoms with Gasteiger partial charge in [0.2, 0.25) is 0 Å². The Labute approximate surface area is 55.0 Å². The number of carboxylic acid groups (broad SMARTS) is 1. The fourth-order valence-electron chi connectivity index (χ4n) is 0.283. The lowest BCUT2D eigenvalue weighted by Gasteiger charge is -2.05. The van der Waals surface area contributed by atoms with Gasteiger partial charge in [0, 0.05) is 5.57 Å². The number of carboxylic acids is 1. The molecule has 0 unspecified atom stereocenters. The number of carbonyl (C=O) groups is 1. The van der Waals surface area contributed by atoms with Crippen LogP contribution in [-0.2, 0) is 4.79 Å². The van der Waals surface area contributed by atoms with Gasteiger partial charge in [-0.2, -0.15) is 13.2 Å². The molecule has 0 fully saturated rings. The van der Waals surface area contributed by atoms with E-state index in [1.54, 1.807) is 0 Å². The van der Waals surface area contributed by atoms with E-state index in [0.29, 0.717) is 0 Å². The third-order valence-corrected chi connectivity index (χ3v) is 0.766. The maximum Gasteiger partial charge on any atom is 0.412 e. The first kappa shape index (κ1) is 9.00. The summed E-state index contributed by atoms with van der Waals surface area (Å²) in [6.45, 7) is 2.56. The molecule has 0 spiro atoms. The molecule has 0 radical (unpaired) electrons. The highest BCUT2D eigenvalue weighted by Gasteiger charge is 2.32. The Kier molecular flexibility index (Phi) is 2.45. The minimum Gasteiger partial charge on any atom is -0.481 e. The van der Waals surface area contributed by atoms with Gasteiger partial charge in [0.1, 0.15) is 0 Å². The van der Waals surface area contributed by atoms with Gasteiger partial charge in [-0.15, -0.1) is 0 Å². The minimum absolute atomic E-state index is 1.05. The monoisotopic (exact) mass is 154 g/mol. The fourth-order valence-corrected chi connectivity index (χ4v) is 0.283. The van der Waals surface area contributed by atoms with Crippen molar-refractivity contribution in [2.45, 2.75) is 12.6 Å². The molecule has 0 aromatic heterocycles. The fraction of sp³-hybridized carbons (Fsp3) is 0.400. The molecule has 0 aromatic carbocycles. The van der Waals surface area contributed by atoms with Gasteiger partial charge in [0.25, 0.3) is 0 Å². The minimum atomic E-state index is -4.58. The molecule has 58 valence electrons. The first-order valence-electron chi connectivity index (χ1n) is 2.31. The largest absolute Gasteiger partial charge is 0.481 e. The summed E-state index contributed by atoms with van der Waals surface area (Å²) >= 11 is 0. The number of halogens is 3. The highest BCUT2D eigenvalue weighted by atomic mass is 19.4. The van der Waals surface area contributed by atoms with Crippen molar-refractivity contribution in [3.8, 4) is 0 Å². The molecule has 0 heterocycles. The van der Waals surface area contributed by atoms with Crippen molar-refractivity contribution in [1.82, 2.24) is 0 Å². The van der Waals surface area contributed by atoms with Gasteiger partial charge in [-0.25, -0.2) is 0 Å². The highest BCUT2D eigenvalue weighted by Crippen LogP contribution is 2.25. The van der Waals surface area contributed by atoms with Gasteiger partial charge in [0.15, 0.2) is 0 Å². The molecule has 10 heavy (non-hydrogen) atoms. The quantitative estimate of drug-likeness (QED) is 0.613. The second-order valence-electron chi connectivity index (χ2n) is 1.67. The summed E-state index contributed by atoms with van der Waals surface area (Å²) in [5.74, 6) is -1.53. The molecule has 0 aliphatic heterocycles. The molecule has 0 bridgehead atoms. The Hall–Kier alpha value is -1.00. The van der Waals surface area contributed by atoms with E-state index in [1.807, 2.05) is 0 Å². The van der Waals surface area contributed by atoms with Gasteiger partial charge < -0.3 is 5.11 Å². The Bertz CT molecular complexity index is 159. The highest BCUT2D eigenvalue weighted by molar-refractivity contribution is 5.70. The zero-order chi connectivity index (χ0) is 8.36. The maximum absolute atomic E-state index is 11.4. The van der Waals surface area contributed by atoms with Crippen molar-refractivity contribution < 1.29 is 23.1 Å². The Balaban J connectivity index is 3.99. The summed E-state index contributed by atoms with van der Waals surface area (Å²) in [6, 6.07) is 0.